The fraction of sp³-hybridized carbons (Fsp3) is 0.308. The van der Waals surface area contributed by atoms with Gasteiger partial charge in [-0.1, -0.05) is 54.9 Å². The maximum atomic E-state index is 10.3. The highest BCUT2D eigenvalue weighted by Gasteiger charge is 2.35. The van der Waals surface area contributed by atoms with Crippen molar-refractivity contribution in [3.05, 3.63) is 60.2 Å². The summed E-state index contributed by atoms with van der Waals surface area (Å²) in [5.41, 5.74) is 7.84. The molecule has 0 atom stereocenters. The van der Waals surface area contributed by atoms with Crippen molar-refractivity contribution in [2.24, 2.45) is 0 Å². The Kier molecular flexibility index (Phi) is 5.04. The van der Waals surface area contributed by atoms with Gasteiger partial charge in [0, 0.05) is 11.1 Å². The van der Waals surface area contributed by atoms with Crippen molar-refractivity contribution in [2.45, 2.75) is 52.2 Å². The summed E-state index contributed by atoms with van der Waals surface area (Å²) in [5, 5.41) is 17.4. The number of aliphatic hydroxyl groups is 1. The normalized spacial score (nSPS) is 12.7. The average Bonchev–Trinajstić information content (AvgIpc) is 2.71. The van der Waals surface area contributed by atoms with Crippen molar-refractivity contribution in [1.82, 2.24) is 0 Å². The van der Waals surface area contributed by atoms with Gasteiger partial charge in [0.1, 0.15) is 0 Å². The summed E-state index contributed by atoms with van der Waals surface area (Å²) in [6.07, 6.45) is 0.980. The van der Waals surface area contributed by atoms with Crippen LogP contribution < -0.4 is 11.2 Å². The molecule has 0 amide bonds. The zero-order valence-electron chi connectivity index (χ0n) is 18.4. The first-order valence-electron chi connectivity index (χ1n) is 10.5. The number of nitrogen functional groups attached to an aromatic ring is 1. The number of rotatable bonds is 5. The fourth-order valence-electron chi connectivity index (χ4n) is 3.85. The second kappa shape index (κ2) is 7.30. The number of aryl methyl sites for hydroxylation is 1. The molecular formula is C26H29BNO2. The molecule has 3 nitrogen and oxygen atoms in total. The lowest BCUT2D eigenvalue weighted by molar-refractivity contribution is -0.0893. The number of fused-ring (bicyclic) bond motifs is 5. The van der Waals surface area contributed by atoms with E-state index >= 15 is 0 Å². The third-order valence-corrected chi connectivity index (χ3v) is 6.46. The highest BCUT2D eigenvalue weighted by atomic mass is 16.5. The van der Waals surface area contributed by atoms with Crippen molar-refractivity contribution in [2.75, 3.05) is 5.73 Å². The summed E-state index contributed by atoms with van der Waals surface area (Å²) < 4.78 is 5.93. The molecule has 0 spiro atoms. The monoisotopic (exact) mass is 398 g/mol. The van der Waals surface area contributed by atoms with E-state index in [4.69, 9.17) is 10.4 Å². The number of benzene rings is 4. The van der Waals surface area contributed by atoms with Crippen LogP contribution in [0.5, 0.6) is 0 Å². The lowest BCUT2D eigenvalue weighted by Crippen LogP contribution is -2.49. The summed E-state index contributed by atoms with van der Waals surface area (Å²) in [6.45, 7) is 9.46. The molecule has 4 rings (SSSR count). The van der Waals surface area contributed by atoms with E-state index in [0.717, 1.165) is 28.3 Å². The van der Waals surface area contributed by atoms with Crippen LogP contribution in [0.15, 0.2) is 54.6 Å². The van der Waals surface area contributed by atoms with E-state index in [0.29, 0.717) is 0 Å². The van der Waals surface area contributed by atoms with Crippen molar-refractivity contribution in [3.63, 3.8) is 0 Å². The predicted molar refractivity (Wildman–Crippen MR) is 130 cm³/mol. The summed E-state index contributed by atoms with van der Waals surface area (Å²) in [5.74, 6) is 0. The molecule has 0 fully saturated rings. The van der Waals surface area contributed by atoms with Crippen molar-refractivity contribution in [3.8, 4) is 0 Å². The van der Waals surface area contributed by atoms with Crippen molar-refractivity contribution >= 4 is 50.9 Å². The Morgan fingerprint density at radius 3 is 2.13 bits per heavy atom. The molecule has 0 aliphatic heterocycles. The second-order valence-electron chi connectivity index (χ2n) is 9.11. The molecule has 0 aliphatic rings. The third-order valence-electron chi connectivity index (χ3n) is 6.46. The Morgan fingerprint density at radius 2 is 1.47 bits per heavy atom. The molecule has 4 aromatic rings. The standard InChI is InChI=1S/C26H29BNO2/c1-6-16-13-21-20-12-11-17(27-30-26(4,5)25(2,3)29)14-23(20)24(28)15-22(21)19-10-8-7-9-18(16)19/h7-15,29H,6,28H2,1-5H3. The van der Waals surface area contributed by atoms with E-state index in [1.165, 1.54) is 27.1 Å². The molecule has 1 radical (unpaired) electrons. The molecule has 153 valence electrons. The molecular weight excluding hydrogens is 369 g/mol. The average molecular weight is 398 g/mol. The molecule has 0 bridgehead atoms. The van der Waals surface area contributed by atoms with Gasteiger partial charge in [-0.15, -0.1) is 0 Å². The van der Waals surface area contributed by atoms with Gasteiger partial charge < -0.3 is 15.5 Å². The molecule has 3 N–H and O–H groups in total. The van der Waals surface area contributed by atoms with Crippen LogP contribution in [0.1, 0.15) is 40.2 Å². The zero-order chi connectivity index (χ0) is 21.7. The van der Waals surface area contributed by atoms with E-state index in [9.17, 15) is 5.11 Å². The van der Waals surface area contributed by atoms with Crippen LogP contribution in [0.25, 0.3) is 32.3 Å². The van der Waals surface area contributed by atoms with Crippen molar-refractivity contribution < 1.29 is 9.76 Å². The van der Waals surface area contributed by atoms with Crippen LogP contribution >= 0.6 is 0 Å². The third kappa shape index (κ3) is 3.44. The Morgan fingerprint density at radius 1 is 0.833 bits per heavy atom. The summed E-state index contributed by atoms with van der Waals surface area (Å²) >= 11 is 0. The van der Waals surface area contributed by atoms with Crippen LogP contribution in [-0.2, 0) is 11.1 Å². The molecule has 0 saturated heterocycles. The van der Waals surface area contributed by atoms with Gasteiger partial charge in [0.25, 0.3) is 0 Å². The second-order valence-corrected chi connectivity index (χ2v) is 9.11. The van der Waals surface area contributed by atoms with Crippen LogP contribution in [-0.4, -0.2) is 23.8 Å². The minimum Gasteiger partial charge on any atom is -0.427 e. The molecule has 30 heavy (non-hydrogen) atoms. The molecule has 0 aromatic heterocycles. The van der Waals surface area contributed by atoms with E-state index in [1.807, 2.05) is 19.9 Å². The maximum absolute atomic E-state index is 10.3. The minimum absolute atomic E-state index is 0.716. The SMILES string of the molecule is CCc1cc2c3ccc([B]OC(C)(C)C(C)(C)O)cc3c(N)cc2c2ccccc12. The van der Waals surface area contributed by atoms with E-state index < -0.39 is 11.2 Å². The summed E-state index contributed by atoms with van der Waals surface area (Å²) in [4.78, 5) is 0. The van der Waals surface area contributed by atoms with E-state index in [1.54, 1.807) is 21.3 Å². The number of anilines is 1. The van der Waals surface area contributed by atoms with Crippen LogP contribution in [0.4, 0.5) is 5.69 Å². The highest BCUT2D eigenvalue weighted by Crippen LogP contribution is 2.36. The highest BCUT2D eigenvalue weighted by molar-refractivity contribution is 6.47. The maximum Gasteiger partial charge on any atom is 0.330 e. The molecule has 0 aliphatic carbocycles. The molecule has 4 aromatic carbocycles. The molecule has 0 heterocycles. The van der Waals surface area contributed by atoms with E-state index in [-0.39, 0.29) is 0 Å². The molecule has 0 unspecified atom stereocenters. The molecule has 0 saturated carbocycles. The Balaban J connectivity index is 1.85. The Labute approximate surface area is 179 Å². The van der Waals surface area contributed by atoms with Gasteiger partial charge in [0.15, 0.2) is 0 Å². The smallest absolute Gasteiger partial charge is 0.330 e. The van der Waals surface area contributed by atoms with Crippen LogP contribution in [0, 0.1) is 0 Å². The topological polar surface area (TPSA) is 55.5 Å². The molecule has 4 heteroatoms. The van der Waals surface area contributed by atoms with E-state index in [2.05, 4.69) is 55.5 Å². The largest absolute Gasteiger partial charge is 0.427 e. The number of hydrogen-bond donors (Lipinski definition) is 2. The first kappa shape index (κ1) is 20.7. The Bertz CT molecular complexity index is 1260. The van der Waals surface area contributed by atoms with Crippen molar-refractivity contribution in [1.29, 1.82) is 0 Å². The first-order valence-corrected chi connectivity index (χ1v) is 10.5. The number of nitrogens with two attached hydrogens (primary N) is 1. The Hall–Kier alpha value is -2.56. The summed E-state index contributed by atoms with van der Waals surface area (Å²) in [6, 6.07) is 19.2. The van der Waals surface area contributed by atoms with Gasteiger partial charge in [-0.3, -0.25) is 0 Å². The van der Waals surface area contributed by atoms with Crippen LogP contribution in [0.2, 0.25) is 0 Å². The van der Waals surface area contributed by atoms with Gasteiger partial charge in [-0.25, -0.2) is 0 Å². The van der Waals surface area contributed by atoms with Gasteiger partial charge >= 0.3 is 7.48 Å². The minimum atomic E-state index is -0.965. The fourth-order valence-corrected chi connectivity index (χ4v) is 3.85. The number of hydrogen-bond acceptors (Lipinski definition) is 3. The zero-order valence-corrected chi connectivity index (χ0v) is 18.4. The predicted octanol–water partition coefficient (Wildman–Crippen LogP) is 5.10. The lowest BCUT2D eigenvalue weighted by atomic mass is 9.81. The van der Waals surface area contributed by atoms with Gasteiger partial charge in [0.05, 0.1) is 11.2 Å². The van der Waals surface area contributed by atoms with Gasteiger partial charge in [0.2, 0.25) is 0 Å². The first-order chi connectivity index (χ1) is 14.1. The quantitative estimate of drug-likeness (QED) is 0.279. The summed E-state index contributed by atoms with van der Waals surface area (Å²) in [7, 11) is 1.71. The van der Waals surface area contributed by atoms with Gasteiger partial charge in [-0.05, 0) is 78.7 Å². The lowest BCUT2D eigenvalue weighted by Gasteiger charge is -2.37. The van der Waals surface area contributed by atoms with Crippen LogP contribution in [0.3, 0.4) is 0 Å². The van der Waals surface area contributed by atoms with Gasteiger partial charge in [-0.2, -0.15) is 0 Å².